The number of nitrogens with zero attached hydrogens (tertiary/aromatic N) is 1. The lowest BCUT2D eigenvalue weighted by Crippen LogP contribution is -2.49. The molecule has 2 N–H and O–H groups in total. The first-order valence-corrected chi connectivity index (χ1v) is 15.5. The molecule has 1 saturated heterocycles. The van der Waals surface area contributed by atoms with Crippen molar-refractivity contribution in [2.75, 3.05) is 26.9 Å². The zero-order valence-corrected chi connectivity index (χ0v) is 26.7. The number of rotatable bonds is 14. The second-order valence-electron chi connectivity index (χ2n) is 11.6. The molecule has 50 heavy (non-hydrogen) atoms. The third-order valence-electron chi connectivity index (χ3n) is 8.07. The minimum Gasteiger partial charge on any atom is -0.464 e. The van der Waals surface area contributed by atoms with Gasteiger partial charge >= 0.3 is 18.2 Å². The molecule has 270 valence electrons. The predicted molar refractivity (Wildman–Crippen MR) is 163 cm³/mol. The van der Waals surface area contributed by atoms with Crippen LogP contribution in [0.15, 0.2) is 54.9 Å². The van der Waals surface area contributed by atoms with E-state index < -0.39 is 90.7 Å². The van der Waals surface area contributed by atoms with Crippen LogP contribution >= 0.6 is 0 Å². The van der Waals surface area contributed by atoms with E-state index in [9.17, 15) is 40.7 Å². The Bertz CT molecular complexity index is 1630. The molecule has 3 aromatic rings. The Morgan fingerprint density at radius 1 is 1.00 bits per heavy atom. The monoisotopic (exact) mass is 713 g/mol. The van der Waals surface area contributed by atoms with E-state index in [1.165, 1.54) is 24.4 Å². The molecule has 0 radical (unpaired) electrons. The summed E-state index contributed by atoms with van der Waals surface area (Å²) in [6, 6.07) is 5.87. The van der Waals surface area contributed by atoms with E-state index in [-0.39, 0.29) is 54.9 Å². The molecule has 1 aliphatic rings. The average molecular weight is 714 g/mol. The molecule has 1 aliphatic heterocycles. The van der Waals surface area contributed by atoms with E-state index >= 15 is 4.39 Å². The number of ketones is 1. The molecule has 16 heteroatoms. The maximum atomic E-state index is 15.2. The van der Waals surface area contributed by atoms with E-state index in [1.807, 2.05) is 0 Å². The van der Waals surface area contributed by atoms with Crippen LogP contribution in [0.5, 0.6) is 0 Å². The number of esters is 1. The summed E-state index contributed by atoms with van der Waals surface area (Å²) in [5.74, 6) is -6.50. The highest BCUT2D eigenvalue weighted by atomic mass is 19.4. The van der Waals surface area contributed by atoms with Crippen LogP contribution in [-0.2, 0) is 36.6 Å². The summed E-state index contributed by atoms with van der Waals surface area (Å²) in [6.45, 7) is 0.125. The van der Waals surface area contributed by atoms with Crippen LogP contribution in [0.1, 0.15) is 47.4 Å². The molecule has 9 nitrogen and oxygen atoms in total. The first-order chi connectivity index (χ1) is 23.7. The molecular weight excluding hydrogens is 679 g/mol. The number of ether oxygens (including phenoxy) is 3. The van der Waals surface area contributed by atoms with Gasteiger partial charge < -0.3 is 24.8 Å². The van der Waals surface area contributed by atoms with Crippen LogP contribution in [0.3, 0.4) is 0 Å². The Hall–Kier alpha value is -4.57. The van der Waals surface area contributed by atoms with E-state index in [0.29, 0.717) is 0 Å². The van der Waals surface area contributed by atoms with Crippen LogP contribution in [0, 0.1) is 23.3 Å². The summed E-state index contributed by atoms with van der Waals surface area (Å²) in [4.78, 5) is 41.9. The highest BCUT2D eigenvalue weighted by molar-refractivity contribution is 5.90. The number of alkyl halides is 3. The van der Waals surface area contributed by atoms with Gasteiger partial charge in [0.05, 0.1) is 44.9 Å². The van der Waals surface area contributed by atoms with Gasteiger partial charge in [-0.2, -0.15) is 13.2 Å². The maximum absolute atomic E-state index is 15.2. The largest absolute Gasteiger partial charge is 0.464 e. The van der Waals surface area contributed by atoms with Crippen molar-refractivity contribution in [3.63, 3.8) is 0 Å². The maximum Gasteiger partial charge on any atom is 0.407 e. The Morgan fingerprint density at radius 2 is 1.72 bits per heavy atom. The zero-order valence-electron chi connectivity index (χ0n) is 26.7. The quantitative estimate of drug-likeness (QED) is 0.167. The predicted octanol–water partition coefficient (Wildman–Crippen LogP) is 5.48. The van der Waals surface area contributed by atoms with Crippen molar-refractivity contribution in [1.82, 2.24) is 15.6 Å². The van der Waals surface area contributed by atoms with Gasteiger partial charge in [0.2, 0.25) is 0 Å². The van der Waals surface area contributed by atoms with Gasteiger partial charge in [-0.3, -0.25) is 14.6 Å². The number of benzene rings is 2. The number of carbonyl (C=O) groups is 3. The Kier molecular flexibility index (Phi) is 13.3. The van der Waals surface area contributed by atoms with Crippen molar-refractivity contribution in [3.05, 3.63) is 100 Å². The minimum atomic E-state index is -4.47. The fourth-order valence-electron chi connectivity index (χ4n) is 5.50. The summed E-state index contributed by atoms with van der Waals surface area (Å²) in [5.41, 5.74) is 0.683. The summed E-state index contributed by atoms with van der Waals surface area (Å²) >= 11 is 0. The fraction of sp³-hybridized carbons (Fsp3) is 0.412. The second-order valence-corrected chi connectivity index (χ2v) is 11.6. The molecule has 1 aromatic heterocycles. The highest BCUT2D eigenvalue weighted by Crippen LogP contribution is 2.31. The number of hydrogen-bond acceptors (Lipinski definition) is 8. The molecule has 2 heterocycles. The Balaban J connectivity index is 1.47. The second kappa shape index (κ2) is 17.4. The van der Waals surface area contributed by atoms with Gasteiger partial charge in [-0.05, 0) is 59.4 Å². The first kappa shape index (κ1) is 38.2. The SMILES string of the molecule is COC(=O)N[C@H](C(=O)Cc1cncc(F)c1CC[C@@H]1CN[C@H](COC(=O)CCC(F)(F)F)CO1)[C@@H](c1ccc(F)cc1)c1ccc(F)c(F)c1. The van der Waals surface area contributed by atoms with Crippen molar-refractivity contribution in [2.45, 2.75) is 62.4 Å². The van der Waals surface area contributed by atoms with E-state index in [0.717, 1.165) is 37.6 Å². The number of methoxy groups -OCH3 is 1. The molecule has 0 spiro atoms. The highest BCUT2D eigenvalue weighted by Gasteiger charge is 2.34. The van der Waals surface area contributed by atoms with Crippen molar-refractivity contribution in [3.8, 4) is 0 Å². The molecular formula is C34H34F7N3O6. The number of nitrogens with one attached hydrogen (secondary N) is 2. The van der Waals surface area contributed by atoms with Crippen LogP contribution in [0.2, 0.25) is 0 Å². The number of morpholine rings is 1. The van der Waals surface area contributed by atoms with Crippen LogP contribution in [-0.4, -0.2) is 74.1 Å². The Labute approximate surface area is 282 Å². The lowest BCUT2D eigenvalue weighted by atomic mass is 9.81. The number of hydrogen-bond donors (Lipinski definition) is 2. The standard InChI is InChI=1S/C34H34F7N3O6/c1-48-33(47)44-32(31(19-2-5-22(35)6-3-19)20-4-9-26(36)27(37)12-20)29(45)13-21-14-42-16-28(38)25(21)8-7-24-15-43-23(17-49-24)18-50-30(46)10-11-34(39,40)41/h2-6,9,12,14,16,23-24,31-32,43H,7-8,10-11,13,15,17-18H2,1H3,(H,44,47)/t23-,24+,31-,32+/m0/s1. The van der Waals surface area contributed by atoms with Gasteiger partial charge in [0, 0.05) is 25.1 Å². The van der Waals surface area contributed by atoms with Gasteiger partial charge in [-0.15, -0.1) is 0 Å². The molecule has 0 unspecified atom stereocenters. The lowest BCUT2D eigenvalue weighted by molar-refractivity contribution is -0.158. The molecule has 2 aromatic carbocycles. The number of pyridine rings is 1. The van der Waals surface area contributed by atoms with Gasteiger partial charge in [0.25, 0.3) is 0 Å². The molecule has 0 aliphatic carbocycles. The van der Waals surface area contributed by atoms with E-state index in [1.54, 1.807) is 0 Å². The minimum absolute atomic E-state index is 0.0665. The van der Waals surface area contributed by atoms with Gasteiger partial charge in [-0.1, -0.05) is 18.2 Å². The average Bonchev–Trinajstić information content (AvgIpc) is 3.08. The molecule has 4 rings (SSSR count). The number of alkyl carbamates (subject to hydrolysis) is 1. The summed E-state index contributed by atoms with van der Waals surface area (Å²) in [5, 5.41) is 5.52. The van der Waals surface area contributed by atoms with Gasteiger partial charge in [-0.25, -0.2) is 22.4 Å². The fourth-order valence-corrected chi connectivity index (χ4v) is 5.50. The number of Topliss-reactive ketones (excluding diaryl/α,β-unsaturated/α-hetero) is 1. The molecule has 4 atom stereocenters. The number of amides is 1. The van der Waals surface area contributed by atoms with Crippen LogP contribution in [0.4, 0.5) is 35.5 Å². The van der Waals surface area contributed by atoms with Crippen molar-refractivity contribution >= 4 is 17.8 Å². The normalized spacial score (nSPS) is 17.4. The number of carbonyl (C=O) groups excluding carboxylic acids is 3. The summed E-state index contributed by atoms with van der Waals surface area (Å²) in [7, 11) is 1.06. The van der Waals surface area contributed by atoms with Crippen molar-refractivity contribution < 1.29 is 59.3 Å². The third kappa shape index (κ3) is 11.0. The van der Waals surface area contributed by atoms with Gasteiger partial charge in [0.1, 0.15) is 24.3 Å². The first-order valence-electron chi connectivity index (χ1n) is 15.5. The topological polar surface area (TPSA) is 116 Å². The summed E-state index contributed by atoms with van der Waals surface area (Å²) < 4.78 is 110. The Morgan fingerprint density at radius 3 is 2.36 bits per heavy atom. The number of aromatic nitrogens is 1. The van der Waals surface area contributed by atoms with Crippen LogP contribution < -0.4 is 10.6 Å². The van der Waals surface area contributed by atoms with E-state index in [2.05, 4.69) is 15.6 Å². The van der Waals surface area contributed by atoms with Crippen molar-refractivity contribution in [1.29, 1.82) is 0 Å². The number of halogens is 7. The smallest absolute Gasteiger partial charge is 0.407 e. The molecule has 0 bridgehead atoms. The lowest BCUT2D eigenvalue weighted by Gasteiger charge is -2.30. The van der Waals surface area contributed by atoms with Crippen LogP contribution in [0.25, 0.3) is 0 Å². The molecule has 1 amide bonds. The molecule has 1 fully saturated rings. The molecule has 0 saturated carbocycles. The third-order valence-corrected chi connectivity index (χ3v) is 8.07. The van der Waals surface area contributed by atoms with E-state index in [4.69, 9.17) is 14.2 Å². The van der Waals surface area contributed by atoms with Gasteiger partial charge in [0.15, 0.2) is 17.4 Å². The summed E-state index contributed by atoms with van der Waals surface area (Å²) in [6.07, 6.45) is -5.85. The zero-order chi connectivity index (χ0) is 36.4. The van der Waals surface area contributed by atoms with Crippen molar-refractivity contribution in [2.24, 2.45) is 0 Å².